The predicted octanol–water partition coefficient (Wildman–Crippen LogP) is 2.69. The molecule has 4 bridgehead atoms. The second-order valence-electron chi connectivity index (χ2n) is 8.66. The zero-order valence-corrected chi connectivity index (χ0v) is 15.3. The van der Waals surface area contributed by atoms with Crippen LogP contribution in [0.2, 0.25) is 0 Å². The second-order valence-corrected chi connectivity index (χ2v) is 8.66. The molecule has 2 aliphatic carbocycles. The molecule has 0 amide bonds. The van der Waals surface area contributed by atoms with E-state index in [2.05, 4.69) is 41.4 Å². The largest absolute Gasteiger partial charge is 0.373 e. The summed E-state index contributed by atoms with van der Waals surface area (Å²) in [6, 6.07) is 9.10. The Morgan fingerprint density at radius 2 is 2.00 bits per heavy atom. The maximum atomic E-state index is 11.3. The number of hydrogen-bond acceptors (Lipinski definition) is 4. The van der Waals surface area contributed by atoms with E-state index in [0.717, 1.165) is 18.4 Å². The van der Waals surface area contributed by atoms with E-state index in [-0.39, 0.29) is 12.0 Å². The van der Waals surface area contributed by atoms with Crippen molar-refractivity contribution in [2.24, 2.45) is 11.8 Å². The summed E-state index contributed by atoms with van der Waals surface area (Å²) >= 11 is 0. The summed E-state index contributed by atoms with van der Waals surface area (Å²) in [5.41, 5.74) is 1.32. The maximum absolute atomic E-state index is 11.3. The average molecular weight is 352 g/mol. The van der Waals surface area contributed by atoms with Crippen molar-refractivity contribution in [2.45, 2.75) is 62.4 Å². The predicted molar refractivity (Wildman–Crippen MR) is 101 cm³/mol. The van der Waals surface area contributed by atoms with Crippen LogP contribution in [0.3, 0.4) is 0 Å². The summed E-state index contributed by atoms with van der Waals surface area (Å²) in [4.78, 5) is 13.2. The van der Waals surface area contributed by atoms with Crippen LogP contribution in [0.4, 0.5) is 0 Å². The van der Waals surface area contributed by atoms with E-state index >= 15 is 0 Å². The van der Waals surface area contributed by atoms with Gasteiger partial charge in [0.1, 0.15) is 12.0 Å². The van der Waals surface area contributed by atoms with Crippen molar-refractivity contribution in [3.8, 4) is 0 Å². The molecule has 3 fully saturated rings. The second kappa shape index (κ2) is 6.01. The number of hydrogen-bond donors (Lipinski definition) is 2. The first kappa shape index (κ1) is 16.7. The van der Waals surface area contributed by atoms with Crippen molar-refractivity contribution in [2.75, 3.05) is 6.54 Å². The fourth-order valence-corrected chi connectivity index (χ4v) is 5.96. The first-order valence-electron chi connectivity index (χ1n) is 10.1. The Labute approximate surface area is 155 Å². The molecule has 26 heavy (non-hydrogen) atoms. The van der Waals surface area contributed by atoms with Crippen molar-refractivity contribution in [3.63, 3.8) is 0 Å². The van der Waals surface area contributed by atoms with E-state index in [0.29, 0.717) is 23.9 Å². The van der Waals surface area contributed by atoms with Crippen molar-refractivity contribution >= 4 is 6.29 Å². The maximum Gasteiger partial charge on any atom is 0.150 e. The molecule has 3 heterocycles. The lowest BCUT2D eigenvalue weighted by molar-refractivity contribution is 0.0512. The monoisotopic (exact) mass is 352 g/mol. The quantitative estimate of drug-likeness (QED) is 0.470. The fourth-order valence-electron chi connectivity index (χ4n) is 5.96. The van der Waals surface area contributed by atoms with E-state index in [1.807, 2.05) is 12.1 Å². The summed E-state index contributed by atoms with van der Waals surface area (Å²) < 4.78 is 0. The van der Waals surface area contributed by atoms with E-state index < -0.39 is 5.72 Å². The third-order valence-corrected chi connectivity index (χ3v) is 7.41. The van der Waals surface area contributed by atoms with Crippen molar-refractivity contribution in [1.82, 2.24) is 10.2 Å². The Hall–Kier alpha value is -1.49. The lowest BCUT2D eigenvalue weighted by Gasteiger charge is -2.35. The lowest BCUT2D eigenvalue weighted by Crippen LogP contribution is -2.44. The molecule has 6 rings (SSSR count). The highest BCUT2D eigenvalue weighted by molar-refractivity contribution is 5.74. The van der Waals surface area contributed by atoms with Gasteiger partial charge in [-0.2, -0.15) is 0 Å². The van der Waals surface area contributed by atoms with Gasteiger partial charge in [0.05, 0.1) is 6.04 Å². The molecule has 1 aromatic carbocycles. The van der Waals surface area contributed by atoms with Gasteiger partial charge in [-0.05, 0) is 24.3 Å². The van der Waals surface area contributed by atoms with E-state index in [1.165, 1.54) is 31.2 Å². The molecule has 0 aromatic heterocycles. The molecule has 0 spiro atoms. The molecule has 5 aliphatic rings. The number of carbonyl (C=O) groups excluding carboxylic acids is 1. The molecule has 1 saturated carbocycles. The van der Waals surface area contributed by atoms with Gasteiger partial charge in [0.25, 0.3) is 0 Å². The fraction of sp³-hybridized carbons (Fsp3) is 0.591. The molecule has 1 aromatic rings. The van der Waals surface area contributed by atoms with Gasteiger partial charge in [0, 0.05) is 36.0 Å². The Morgan fingerprint density at radius 3 is 2.69 bits per heavy atom. The normalized spacial score (nSPS) is 41.4. The first-order chi connectivity index (χ1) is 12.6. The molecule has 7 unspecified atom stereocenters. The minimum absolute atomic E-state index is 0.185. The zero-order chi connectivity index (χ0) is 17.9. The Morgan fingerprint density at radius 1 is 1.27 bits per heavy atom. The number of aliphatic hydroxyl groups is 1. The standard InChI is InChI=1S/C22H28N2O2/c1-14(16-8-6-15(13-25)7-9-16)21-18-10-11-20-22(26,24(20)21)19(18)12-23-17-4-2-3-5-17/h6-11,13-14,17-21,23,26H,2-5,12H2,1H3. The number of rotatable bonds is 6. The van der Waals surface area contributed by atoms with Gasteiger partial charge in [-0.15, -0.1) is 0 Å². The van der Waals surface area contributed by atoms with Crippen LogP contribution in [0.1, 0.15) is 54.4 Å². The summed E-state index contributed by atoms with van der Waals surface area (Å²) in [5, 5.41) is 15.1. The Kier molecular flexibility index (Phi) is 3.85. The highest BCUT2D eigenvalue weighted by Crippen LogP contribution is 2.63. The highest BCUT2D eigenvalue weighted by Gasteiger charge is 2.77. The molecule has 138 valence electrons. The number of carbonyl (C=O) groups is 1. The molecule has 0 radical (unpaired) electrons. The van der Waals surface area contributed by atoms with Crippen molar-refractivity contribution < 1.29 is 9.90 Å². The molecule has 7 atom stereocenters. The number of benzene rings is 1. The first-order valence-corrected chi connectivity index (χ1v) is 10.1. The lowest BCUT2D eigenvalue weighted by atomic mass is 9.74. The van der Waals surface area contributed by atoms with Gasteiger partial charge < -0.3 is 10.4 Å². The van der Waals surface area contributed by atoms with Crippen LogP contribution < -0.4 is 5.32 Å². The van der Waals surface area contributed by atoms with E-state index in [1.54, 1.807) is 0 Å². The Bertz CT molecular complexity index is 724. The van der Waals surface area contributed by atoms with Crippen LogP contribution in [0.25, 0.3) is 0 Å². The van der Waals surface area contributed by atoms with E-state index in [9.17, 15) is 9.90 Å². The zero-order valence-electron chi connectivity index (χ0n) is 15.3. The smallest absolute Gasteiger partial charge is 0.150 e. The molecule has 3 aliphatic heterocycles. The molecule has 4 nitrogen and oxygen atoms in total. The van der Waals surface area contributed by atoms with Crippen LogP contribution in [-0.2, 0) is 0 Å². The summed E-state index contributed by atoms with van der Waals surface area (Å²) in [7, 11) is 0. The molecule has 2 N–H and O–H groups in total. The number of nitrogens with zero attached hydrogens (tertiary/aromatic N) is 1. The number of nitrogens with one attached hydrogen (secondary N) is 1. The summed E-state index contributed by atoms with van der Waals surface area (Å²) in [6.07, 6.45) is 10.7. The van der Waals surface area contributed by atoms with Crippen LogP contribution >= 0.6 is 0 Å². The number of piperidine rings is 1. The number of aldehydes is 1. The topological polar surface area (TPSA) is 52.3 Å². The SMILES string of the molecule is CC(c1ccc(C=O)cc1)C1C2C=CC3N1C3(O)C2CNC1CCCC1. The summed E-state index contributed by atoms with van der Waals surface area (Å²) in [6.45, 7) is 3.17. The third kappa shape index (κ3) is 2.29. The molecular formula is C22H28N2O2. The third-order valence-electron chi connectivity index (χ3n) is 7.41. The minimum atomic E-state index is -0.646. The van der Waals surface area contributed by atoms with E-state index in [4.69, 9.17) is 0 Å². The molecule has 4 heteroatoms. The van der Waals surface area contributed by atoms with Crippen molar-refractivity contribution in [3.05, 3.63) is 47.5 Å². The van der Waals surface area contributed by atoms with Crippen LogP contribution in [0.15, 0.2) is 36.4 Å². The van der Waals surface area contributed by atoms with Gasteiger partial charge in [0.2, 0.25) is 0 Å². The van der Waals surface area contributed by atoms with Gasteiger partial charge >= 0.3 is 0 Å². The van der Waals surface area contributed by atoms with Crippen molar-refractivity contribution in [1.29, 1.82) is 0 Å². The molecule has 2 saturated heterocycles. The van der Waals surface area contributed by atoms with Gasteiger partial charge in [-0.1, -0.05) is 56.2 Å². The van der Waals surface area contributed by atoms with Crippen LogP contribution in [0.5, 0.6) is 0 Å². The highest BCUT2D eigenvalue weighted by atomic mass is 16.3. The van der Waals surface area contributed by atoms with Gasteiger partial charge in [0.15, 0.2) is 0 Å². The van der Waals surface area contributed by atoms with Gasteiger partial charge in [-0.3, -0.25) is 9.69 Å². The van der Waals surface area contributed by atoms with Crippen LogP contribution in [0, 0.1) is 11.8 Å². The average Bonchev–Trinajstić information content (AvgIpc) is 3.00. The van der Waals surface area contributed by atoms with Gasteiger partial charge in [-0.25, -0.2) is 0 Å². The molecular weight excluding hydrogens is 324 g/mol. The Balaban J connectivity index is 1.35. The van der Waals surface area contributed by atoms with Crippen LogP contribution in [-0.4, -0.2) is 46.7 Å². The minimum Gasteiger partial charge on any atom is -0.373 e. The summed E-state index contributed by atoms with van der Waals surface area (Å²) in [5.74, 6) is 0.998.